The van der Waals surface area contributed by atoms with Gasteiger partial charge in [-0.25, -0.2) is 0 Å². The molecule has 1 atom stereocenters. The van der Waals surface area contributed by atoms with Gasteiger partial charge in [-0.05, 0) is 72.6 Å². The Hall–Kier alpha value is -1.26. The first kappa shape index (κ1) is 16.1. The smallest absolute Gasteiger partial charge is 0.133 e. The number of hydrogen-bond acceptors (Lipinski definition) is 3. The largest absolute Gasteiger partial charge is 0.493 e. The molecular formula is C17H22BrNO2. The summed E-state index contributed by atoms with van der Waals surface area (Å²) in [6, 6.07) is 10.3. The number of hydrogen-bond donors (Lipinski definition) is 1. The fourth-order valence-electron chi connectivity index (χ4n) is 2.25. The second-order valence-corrected chi connectivity index (χ2v) is 5.81. The number of ether oxygens (including phenoxy) is 1. The third-order valence-corrected chi connectivity index (χ3v) is 3.85. The van der Waals surface area contributed by atoms with Gasteiger partial charge >= 0.3 is 0 Å². The van der Waals surface area contributed by atoms with Gasteiger partial charge in [0.2, 0.25) is 0 Å². The Morgan fingerprint density at radius 1 is 1.24 bits per heavy atom. The van der Waals surface area contributed by atoms with Crippen LogP contribution in [0.3, 0.4) is 0 Å². The number of nitrogens with one attached hydrogen (secondary N) is 1. The molecule has 0 saturated carbocycles. The zero-order chi connectivity index (χ0) is 15.2. The second-order valence-electron chi connectivity index (χ2n) is 4.96. The topological polar surface area (TPSA) is 34.4 Å². The Balaban J connectivity index is 2.30. The maximum atomic E-state index is 5.81. The first-order chi connectivity index (χ1) is 10.2. The molecule has 3 nitrogen and oxygen atoms in total. The SMILES string of the molecule is CCCNC(c1ccc(OCC)c(Br)c1)c1ccc(C)o1. The number of furan rings is 1. The summed E-state index contributed by atoms with van der Waals surface area (Å²) in [4.78, 5) is 0. The van der Waals surface area contributed by atoms with Crippen LogP contribution in [0, 0.1) is 6.92 Å². The molecule has 4 heteroatoms. The van der Waals surface area contributed by atoms with Crippen LogP contribution in [-0.4, -0.2) is 13.2 Å². The van der Waals surface area contributed by atoms with E-state index in [4.69, 9.17) is 9.15 Å². The third kappa shape index (κ3) is 4.11. The minimum absolute atomic E-state index is 0.0608. The van der Waals surface area contributed by atoms with Crippen molar-refractivity contribution < 1.29 is 9.15 Å². The van der Waals surface area contributed by atoms with Crippen molar-refractivity contribution >= 4 is 15.9 Å². The molecule has 0 amide bonds. The highest BCUT2D eigenvalue weighted by molar-refractivity contribution is 9.10. The van der Waals surface area contributed by atoms with Gasteiger partial charge in [-0.1, -0.05) is 13.0 Å². The highest BCUT2D eigenvalue weighted by Gasteiger charge is 2.18. The van der Waals surface area contributed by atoms with Gasteiger partial charge in [-0.3, -0.25) is 0 Å². The minimum Gasteiger partial charge on any atom is -0.493 e. The van der Waals surface area contributed by atoms with Crippen LogP contribution in [0.4, 0.5) is 0 Å². The van der Waals surface area contributed by atoms with Crippen LogP contribution >= 0.6 is 15.9 Å². The Morgan fingerprint density at radius 3 is 2.62 bits per heavy atom. The van der Waals surface area contributed by atoms with Gasteiger partial charge in [0, 0.05) is 0 Å². The van der Waals surface area contributed by atoms with Gasteiger partial charge in [-0.15, -0.1) is 0 Å². The summed E-state index contributed by atoms with van der Waals surface area (Å²) in [6.07, 6.45) is 1.08. The molecule has 0 aliphatic carbocycles. The lowest BCUT2D eigenvalue weighted by Gasteiger charge is -2.18. The fraction of sp³-hybridized carbons (Fsp3) is 0.412. The van der Waals surface area contributed by atoms with Crippen molar-refractivity contribution in [2.45, 2.75) is 33.2 Å². The van der Waals surface area contributed by atoms with E-state index in [0.717, 1.165) is 40.3 Å². The summed E-state index contributed by atoms with van der Waals surface area (Å²) in [5.41, 5.74) is 1.16. The monoisotopic (exact) mass is 351 g/mol. The molecule has 0 fully saturated rings. The van der Waals surface area contributed by atoms with E-state index in [2.05, 4.69) is 40.3 Å². The number of rotatable bonds is 7. The molecule has 1 aromatic heterocycles. The summed E-state index contributed by atoms with van der Waals surface area (Å²) in [6.45, 7) is 7.71. The summed E-state index contributed by atoms with van der Waals surface area (Å²) in [5.74, 6) is 2.74. The van der Waals surface area contributed by atoms with Crippen molar-refractivity contribution in [2.75, 3.05) is 13.2 Å². The Bertz CT molecular complexity index is 580. The number of halogens is 1. The average molecular weight is 352 g/mol. The normalized spacial score (nSPS) is 12.4. The molecule has 0 bridgehead atoms. The van der Waals surface area contributed by atoms with E-state index < -0.39 is 0 Å². The molecule has 0 spiro atoms. The second kappa shape index (κ2) is 7.66. The summed E-state index contributed by atoms with van der Waals surface area (Å²) >= 11 is 3.58. The van der Waals surface area contributed by atoms with Crippen LogP contribution in [0.5, 0.6) is 5.75 Å². The zero-order valence-electron chi connectivity index (χ0n) is 12.8. The molecule has 1 N–H and O–H groups in total. The molecule has 0 radical (unpaired) electrons. The van der Waals surface area contributed by atoms with E-state index >= 15 is 0 Å². The standard InChI is InChI=1S/C17H22BrNO2/c1-4-10-19-17(16-8-6-12(3)21-16)13-7-9-15(20-5-2)14(18)11-13/h6-9,11,17,19H,4-5,10H2,1-3H3. The number of aryl methyl sites for hydroxylation is 1. The van der Waals surface area contributed by atoms with E-state index in [9.17, 15) is 0 Å². The Labute approximate surface area is 134 Å². The van der Waals surface area contributed by atoms with E-state index in [1.807, 2.05) is 32.0 Å². The molecule has 1 unspecified atom stereocenters. The first-order valence-corrected chi connectivity index (χ1v) is 8.17. The molecule has 2 rings (SSSR count). The third-order valence-electron chi connectivity index (χ3n) is 3.23. The van der Waals surface area contributed by atoms with Gasteiger partial charge in [0.1, 0.15) is 17.3 Å². The maximum absolute atomic E-state index is 5.81. The van der Waals surface area contributed by atoms with Crippen LogP contribution in [-0.2, 0) is 0 Å². The lowest BCUT2D eigenvalue weighted by atomic mass is 10.0. The first-order valence-electron chi connectivity index (χ1n) is 7.37. The molecule has 21 heavy (non-hydrogen) atoms. The van der Waals surface area contributed by atoms with E-state index in [1.54, 1.807) is 0 Å². The predicted octanol–water partition coefficient (Wildman–Crippen LogP) is 4.84. The van der Waals surface area contributed by atoms with Crippen LogP contribution in [0.1, 0.15) is 43.4 Å². The highest BCUT2D eigenvalue weighted by Crippen LogP contribution is 2.31. The quantitative estimate of drug-likeness (QED) is 0.774. The fourth-order valence-corrected chi connectivity index (χ4v) is 2.76. The average Bonchev–Trinajstić information content (AvgIpc) is 2.89. The molecule has 0 aliphatic rings. The molecule has 0 aliphatic heterocycles. The molecule has 1 aromatic carbocycles. The highest BCUT2D eigenvalue weighted by atomic mass is 79.9. The van der Waals surface area contributed by atoms with Crippen molar-refractivity contribution in [1.29, 1.82) is 0 Å². The molecule has 1 heterocycles. The molecule has 114 valence electrons. The molecular weight excluding hydrogens is 330 g/mol. The Morgan fingerprint density at radius 2 is 2.05 bits per heavy atom. The summed E-state index contributed by atoms with van der Waals surface area (Å²) < 4.78 is 12.3. The van der Waals surface area contributed by atoms with Gasteiger partial charge in [0.25, 0.3) is 0 Å². The van der Waals surface area contributed by atoms with Crippen LogP contribution < -0.4 is 10.1 Å². The summed E-state index contributed by atoms with van der Waals surface area (Å²) in [7, 11) is 0. The van der Waals surface area contributed by atoms with Gasteiger partial charge in [0.15, 0.2) is 0 Å². The lowest BCUT2D eigenvalue weighted by Crippen LogP contribution is -2.22. The van der Waals surface area contributed by atoms with Gasteiger partial charge in [-0.2, -0.15) is 0 Å². The van der Waals surface area contributed by atoms with Gasteiger partial charge in [0.05, 0.1) is 17.1 Å². The van der Waals surface area contributed by atoms with E-state index in [1.165, 1.54) is 0 Å². The predicted molar refractivity (Wildman–Crippen MR) is 88.9 cm³/mol. The van der Waals surface area contributed by atoms with Crippen molar-refractivity contribution in [3.63, 3.8) is 0 Å². The Kier molecular flexibility index (Phi) is 5.88. The van der Waals surface area contributed by atoms with Crippen molar-refractivity contribution in [1.82, 2.24) is 5.32 Å². The maximum Gasteiger partial charge on any atom is 0.133 e. The van der Waals surface area contributed by atoms with Gasteiger partial charge < -0.3 is 14.5 Å². The summed E-state index contributed by atoms with van der Waals surface area (Å²) in [5, 5.41) is 3.54. The van der Waals surface area contributed by atoms with E-state index in [0.29, 0.717) is 6.61 Å². The molecule has 2 aromatic rings. The van der Waals surface area contributed by atoms with Crippen molar-refractivity contribution in [3.8, 4) is 5.75 Å². The molecule has 0 saturated heterocycles. The minimum atomic E-state index is 0.0608. The van der Waals surface area contributed by atoms with Crippen molar-refractivity contribution in [2.24, 2.45) is 0 Å². The van der Waals surface area contributed by atoms with E-state index in [-0.39, 0.29) is 6.04 Å². The number of benzene rings is 1. The zero-order valence-corrected chi connectivity index (χ0v) is 14.4. The lowest BCUT2D eigenvalue weighted by molar-refractivity contribution is 0.338. The van der Waals surface area contributed by atoms with Crippen LogP contribution in [0.15, 0.2) is 39.2 Å². The van der Waals surface area contributed by atoms with Crippen LogP contribution in [0.2, 0.25) is 0 Å². The van der Waals surface area contributed by atoms with Crippen LogP contribution in [0.25, 0.3) is 0 Å². The van der Waals surface area contributed by atoms with Crippen molar-refractivity contribution in [3.05, 3.63) is 51.9 Å².